The van der Waals surface area contributed by atoms with Gasteiger partial charge in [0.15, 0.2) is 5.75 Å². The van der Waals surface area contributed by atoms with Crippen molar-refractivity contribution in [1.29, 1.82) is 0 Å². The van der Waals surface area contributed by atoms with Crippen molar-refractivity contribution in [3.05, 3.63) is 23.4 Å². The van der Waals surface area contributed by atoms with Crippen LogP contribution in [0, 0.1) is 19.7 Å². The van der Waals surface area contributed by atoms with Crippen LogP contribution in [0.4, 0.5) is 10.3 Å². The third-order valence-electron chi connectivity index (χ3n) is 2.58. The molecule has 2 aromatic heterocycles. The summed E-state index contributed by atoms with van der Waals surface area (Å²) in [5, 5.41) is 6.91. The molecule has 2 heterocycles. The Hall–Kier alpha value is -2.18. The van der Waals surface area contributed by atoms with Gasteiger partial charge in [-0.25, -0.2) is 4.98 Å². The van der Waals surface area contributed by atoms with Gasteiger partial charge in [-0.3, -0.25) is 4.68 Å². The average molecular weight is 251 g/mol. The second kappa shape index (κ2) is 4.59. The van der Waals surface area contributed by atoms with E-state index in [0.717, 1.165) is 11.9 Å². The van der Waals surface area contributed by atoms with Gasteiger partial charge >= 0.3 is 0 Å². The van der Waals surface area contributed by atoms with Gasteiger partial charge in [0.05, 0.1) is 11.9 Å². The first-order valence-corrected chi connectivity index (χ1v) is 5.41. The highest BCUT2D eigenvalue weighted by Crippen LogP contribution is 2.28. The molecule has 96 valence electrons. The summed E-state index contributed by atoms with van der Waals surface area (Å²) in [5.41, 5.74) is 1.48. The van der Waals surface area contributed by atoms with Crippen molar-refractivity contribution in [2.45, 2.75) is 13.8 Å². The van der Waals surface area contributed by atoms with Crippen molar-refractivity contribution in [2.75, 3.05) is 12.4 Å². The molecule has 0 fully saturated rings. The maximum Gasteiger partial charge on any atom is 0.261 e. The van der Waals surface area contributed by atoms with E-state index in [1.165, 1.54) is 0 Å². The minimum atomic E-state index is -0.614. The molecule has 0 radical (unpaired) electrons. The van der Waals surface area contributed by atoms with Crippen LogP contribution >= 0.6 is 0 Å². The fraction of sp³-hybridized carbons (Fsp3) is 0.364. The molecule has 0 saturated carbocycles. The summed E-state index contributed by atoms with van der Waals surface area (Å²) in [6.45, 7) is 3.63. The third-order valence-corrected chi connectivity index (χ3v) is 2.58. The Morgan fingerprint density at radius 1 is 1.39 bits per heavy atom. The summed E-state index contributed by atoms with van der Waals surface area (Å²) >= 11 is 0. The summed E-state index contributed by atoms with van der Waals surface area (Å²) in [6, 6.07) is 0. The zero-order valence-corrected chi connectivity index (χ0v) is 10.7. The van der Waals surface area contributed by atoms with Crippen molar-refractivity contribution in [2.24, 2.45) is 7.05 Å². The fourth-order valence-corrected chi connectivity index (χ4v) is 1.54. The molecule has 0 bridgehead atoms. The van der Waals surface area contributed by atoms with Gasteiger partial charge in [0.1, 0.15) is 5.69 Å². The van der Waals surface area contributed by atoms with Crippen LogP contribution in [0.3, 0.4) is 0 Å². The molecule has 0 spiro atoms. The maximum atomic E-state index is 13.6. The zero-order valence-electron chi connectivity index (χ0n) is 10.7. The van der Waals surface area contributed by atoms with Crippen molar-refractivity contribution in [3.63, 3.8) is 0 Å². The SMILES string of the molecule is CNc1ncc(F)c(Oc2c(C)nn(C)c2C)n1. The number of nitrogens with one attached hydrogen (secondary N) is 1. The van der Waals surface area contributed by atoms with Gasteiger partial charge < -0.3 is 10.1 Å². The maximum absolute atomic E-state index is 13.6. The number of ether oxygens (including phenoxy) is 1. The van der Waals surface area contributed by atoms with Crippen LogP contribution in [0.2, 0.25) is 0 Å². The number of hydrogen-bond acceptors (Lipinski definition) is 5. The predicted molar refractivity (Wildman–Crippen MR) is 64.3 cm³/mol. The van der Waals surface area contributed by atoms with Crippen LogP contribution in [-0.2, 0) is 7.05 Å². The molecule has 1 N–H and O–H groups in total. The fourth-order valence-electron chi connectivity index (χ4n) is 1.54. The molecule has 6 nitrogen and oxygen atoms in total. The first-order chi connectivity index (χ1) is 8.52. The molecule has 0 atom stereocenters. The number of aryl methyl sites for hydroxylation is 2. The minimum absolute atomic E-state index is 0.117. The lowest BCUT2D eigenvalue weighted by Crippen LogP contribution is -2.01. The van der Waals surface area contributed by atoms with Gasteiger partial charge in [-0.15, -0.1) is 0 Å². The Labute approximate surface area is 104 Å². The van der Waals surface area contributed by atoms with Gasteiger partial charge in [0, 0.05) is 14.1 Å². The number of rotatable bonds is 3. The lowest BCUT2D eigenvalue weighted by Gasteiger charge is -2.07. The molecule has 2 rings (SSSR count). The normalized spacial score (nSPS) is 10.5. The van der Waals surface area contributed by atoms with Crippen LogP contribution in [0.5, 0.6) is 11.6 Å². The van der Waals surface area contributed by atoms with Gasteiger partial charge in [-0.05, 0) is 13.8 Å². The molecule has 2 aromatic rings. The van der Waals surface area contributed by atoms with Gasteiger partial charge in [0.25, 0.3) is 5.88 Å². The number of anilines is 1. The average Bonchev–Trinajstić information content (AvgIpc) is 2.58. The van der Waals surface area contributed by atoms with Crippen molar-refractivity contribution in [1.82, 2.24) is 19.7 Å². The standard InChI is InChI=1S/C11H14FN5O/c1-6-9(7(2)17(4)16-6)18-10-8(12)5-14-11(13-3)15-10/h5H,1-4H3,(H,13,14,15). The van der Waals surface area contributed by atoms with E-state index in [1.807, 2.05) is 6.92 Å². The number of halogens is 1. The first-order valence-electron chi connectivity index (χ1n) is 5.41. The van der Waals surface area contributed by atoms with E-state index in [1.54, 1.807) is 25.7 Å². The molecule has 0 saturated heterocycles. The highest BCUT2D eigenvalue weighted by Gasteiger charge is 2.15. The van der Waals surface area contributed by atoms with Crippen molar-refractivity contribution in [3.8, 4) is 11.6 Å². The van der Waals surface area contributed by atoms with E-state index in [9.17, 15) is 4.39 Å². The predicted octanol–water partition coefficient (Wildman–Crippen LogP) is 1.80. The molecule has 0 aliphatic heterocycles. The zero-order chi connectivity index (χ0) is 13.3. The lowest BCUT2D eigenvalue weighted by molar-refractivity contribution is 0.415. The molecule has 0 amide bonds. The topological polar surface area (TPSA) is 64.9 Å². The Kier molecular flexibility index (Phi) is 3.14. The van der Waals surface area contributed by atoms with Gasteiger partial charge in [-0.1, -0.05) is 0 Å². The molecule has 0 unspecified atom stereocenters. The highest BCUT2D eigenvalue weighted by molar-refractivity contribution is 5.37. The summed E-state index contributed by atoms with van der Waals surface area (Å²) in [5.74, 6) is 0.0768. The van der Waals surface area contributed by atoms with Crippen LogP contribution in [-0.4, -0.2) is 26.8 Å². The molecule has 0 aliphatic carbocycles. The number of nitrogens with zero attached hydrogens (tertiary/aromatic N) is 4. The Balaban J connectivity index is 2.39. The molecular formula is C11H14FN5O. The van der Waals surface area contributed by atoms with Crippen LogP contribution in [0.15, 0.2) is 6.20 Å². The molecular weight excluding hydrogens is 237 g/mol. The Morgan fingerprint density at radius 3 is 2.67 bits per heavy atom. The third kappa shape index (κ3) is 2.11. The van der Waals surface area contributed by atoms with E-state index in [-0.39, 0.29) is 5.88 Å². The van der Waals surface area contributed by atoms with Crippen LogP contribution in [0.25, 0.3) is 0 Å². The summed E-state index contributed by atoms with van der Waals surface area (Å²) < 4.78 is 20.7. The van der Waals surface area contributed by atoms with Gasteiger partial charge in [0.2, 0.25) is 11.8 Å². The Morgan fingerprint density at radius 2 is 2.11 bits per heavy atom. The van der Waals surface area contributed by atoms with Gasteiger partial charge in [-0.2, -0.15) is 14.5 Å². The number of hydrogen-bond donors (Lipinski definition) is 1. The van der Waals surface area contributed by atoms with E-state index in [2.05, 4.69) is 20.4 Å². The highest BCUT2D eigenvalue weighted by atomic mass is 19.1. The minimum Gasteiger partial charge on any atom is -0.432 e. The van der Waals surface area contributed by atoms with Crippen molar-refractivity contribution >= 4 is 5.95 Å². The van der Waals surface area contributed by atoms with E-state index in [4.69, 9.17) is 4.74 Å². The quantitative estimate of drug-likeness (QED) is 0.901. The second-order valence-electron chi connectivity index (χ2n) is 3.82. The van der Waals surface area contributed by atoms with E-state index >= 15 is 0 Å². The molecule has 18 heavy (non-hydrogen) atoms. The summed E-state index contributed by atoms with van der Waals surface area (Å²) in [7, 11) is 3.45. The number of aromatic nitrogens is 4. The smallest absolute Gasteiger partial charge is 0.261 e. The summed E-state index contributed by atoms with van der Waals surface area (Å²) in [4.78, 5) is 7.67. The van der Waals surface area contributed by atoms with Crippen LogP contribution in [0.1, 0.15) is 11.4 Å². The molecule has 0 aliphatic rings. The lowest BCUT2D eigenvalue weighted by atomic mass is 10.3. The van der Waals surface area contributed by atoms with Crippen molar-refractivity contribution < 1.29 is 9.13 Å². The first kappa shape index (κ1) is 12.3. The second-order valence-corrected chi connectivity index (χ2v) is 3.82. The molecule has 0 aromatic carbocycles. The monoisotopic (exact) mass is 251 g/mol. The molecule has 7 heteroatoms. The van der Waals surface area contributed by atoms with E-state index in [0.29, 0.717) is 17.4 Å². The van der Waals surface area contributed by atoms with Crippen LogP contribution < -0.4 is 10.1 Å². The summed E-state index contributed by atoms with van der Waals surface area (Å²) in [6.07, 6.45) is 1.06. The Bertz CT molecular complexity index is 581. The van der Waals surface area contributed by atoms with E-state index < -0.39 is 5.82 Å². The largest absolute Gasteiger partial charge is 0.432 e.